The number of halogens is 2. The monoisotopic (exact) mass is 280 g/mol. The molecule has 3 N–H and O–H groups in total. The number of anilines is 1. The number of nitrogens with one attached hydrogen (secondary N) is 2. The van der Waals surface area contributed by atoms with Gasteiger partial charge in [-0.1, -0.05) is 32.0 Å². The summed E-state index contributed by atoms with van der Waals surface area (Å²) in [6.07, 6.45) is -0.354. The van der Waals surface area contributed by atoms with Gasteiger partial charge in [-0.25, -0.2) is 0 Å². The largest absolute Gasteiger partial charge is 0.390 e. The van der Waals surface area contributed by atoms with Crippen molar-refractivity contribution in [3.63, 3.8) is 0 Å². The first-order chi connectivity index (χ1) is 7.18. The lowest BCUT2D eigenvalue weighted by molar-refractivity contribution is 0.181. The standard InChI is InChI=1S/C12H20N2O.2ClH/c1-10(2)13-8-12(15)9-14-11-6-4-3-5-7-11;;/h3-7,10,12-15H,8-9H2,1-2H3;2*1H. The van der Waals surface area contributed by atoms with Crippen molar-refractivity contribution in [1.29, 1.82) is 0 Å². The predicted molar refractivity (Wildman–Crippen MR) is 78.6 cm³/mol. The van der Waals surface area contributed by atoms with E-state index in [1.54, 1.807) is 0 Å². The lowest BCUT2D eigenvalue weighted by atomic mass is 10.3. The van der Waals surface area contributed by atoms with Crippen LogP contribution in [0.15, 0.2) is 30.3 Å². The highest BCUT2D eigenvalue weighted by Gasteiger charge is 2.03. The maximum Gasteiger partial charge on any atom is 0.0836 e. The molecule has 0 aliphatic heterocycles. The Hall–Kier alpha value is -0.480. The SMILES string of the molecule is CC(C)NCC(O)CNc1ccccc1.Cl.Cl. The molecule has 0 saturated carbocycles. The van der Waals surface area contributed by atoms with Gasteiger partial charge >= 0.3 is 0 Å². The van der Waals surface area contributed by atoms with Crippen molar-refractivity contribution < 1.29 is 5.11 Å². The van der Waals surface area contributed by atoms with Crippen molar-refractivity contribution in [3.8, 4) is 0 Å². The van der Waals surface area contributed by atoms with E-state index in [1.807, 2.05) is 30.3 Å². The molecule has 5 heteroatoms. The lowest BCUT2D eigenvalue weighted by Crippen LogP contribution is -2.35. The van der Waals surface area contributed by atoms with Gasteiger partial charge in [0.2, 0.25) is 0 Å². The third kappa shape index (κ3) is 9.24. The summed E-state index contributed by atoms with van der Waals surface area (Å²) in [7, 11) is 0. The van der Waals surface area contributed by atoms with Gasteiger partial charge in [-0.2, -0.15) is 0 Å². The highest BCUT2D eigenvalue weighted by molar-refractivity contribution is 5.85. The third-order valence-electron chi connectivity index (χ3n) is 2.08. The maximum atomic E-state index is 9.63. The van der Waals surface area contributed by atoms with E-state index in [0.29, 0.717) is 19.1 Å². The van der Waals surface area contributed by atoms with Crippen molar-refractivity contribution in [2.45, 2.75) is 26.0 Å². The first-order valence-electron chi connectivity index (χ1n) is 5.39. The highest BCUT2D eigenvalue weighted by atomic mass is 35.5. The summed E-state index contributed by atoms with van der Waals surface area (Å²) in [5.41, 5.74) is 1.04. The van der Waals surface area contributed by atoms with E-state index in [1.165, 1.54) is 0 Å². The molecular weight excluding hydrogens is 259 g/mol. The fraction of sp³-hybridized carbons (Fsp3) is 0.500. The Morgan fingerprint density at radius 3 is 2.18 bits per heavy atom. The van der Waals surface area contributed by atoms with E-state index in [4.69, 9.17) is 0 Å². The van der Waals surface area contributed by atoms with Crippen LogP contribution >= 0.6 is 24.8 Å². The van der Waals surface area contributed by atoms with Gasteiger partial charge in [-0.15, -0.1) is 24.8 Å². The van der Waals surface area contributed by atoms with Crippen LogP contribution in [0.2, 0.25) is 0 Å². The normalized spacial score (nSPS) is 11.3. The molecule has 1 rings (SSSR count). The van der Waals surface area contributed by atoms with Crippen LogP contribution in [0.3, 0.4) is 0 Å². The van der Waals surface area contributed by atoms with Gasteiger partial charge in [0.05, 0.1) is 6.10 Å². The molecule has 0 bridgehead atoms. The molecule has 0 radical (unpaired) electrons. The number of hydrogen-bond donors (Lipinski definition) is 3. The second kappa shape index (κ2) is 10.7. The summed E-state index contributed by atoms with van der Waals surface area (Å²) < 4.78 is 0. The molecule has 0 saturated heterocycles. The van der Waals surface area contributed by atoms with Gasteiger partial charge in [-0.05, 0) is 12.1 Å². The quantitative estimate of drug-likeness (QED) is 0.749. The highest BCUT2D eigenvalue weighted by Crippen LogP contribution is 2.04. The van der Waals surface area contributed by atoms with Crippen molar-refractivity contribution in [2.24, 2.45) is 0 Å². The molecule has 0 aromatic heterocycles. The molecule has 100 valence electrons. The van der Waals surface area contributed by atoms with E-state index in [0.717, 1.165) is 5.69 Å². The smallest absolute Gasteiger partial charge is 0.0836 e. The number of hydrogen-bond acceptors (Lipinski definition) is 3. The number of aliphatic hydroxyl groups is 1. The Bertz CT molecular complexity index is 270. The van der Waals surface area contributed by atoms with Gasteiger partial charge < -0.3 is 15.7 Å². The number of rotatable bonds is 6. The van der Waals surface area contributed by atoms with Gasteiger partial charge in [-0.3, -0.25) is 0 Å². The van der Waals surface area contributed by atoms with E-state index in [-0.39, 0.29) is 30.9 Å². The van der Waals surface area contributed by atoms with Crippen molar-refractivity contribution >= 4 is 30.5 Å². The molecular formula is C12H22Cl2N2O. The van der Waals surface area contributed by atoms with Crippen LogP contribution in [0.4, 0.5) is 5.69 Å². The van der Waals surface area contributed by atoms with Crippen LogP contribution < -0.4 is 10.6 Å². The van der Waals surface area contributed by atoms with E-state index in [9.17, 15) is 5.11 Å². The summed E-state index contributed by atoms with van der Waals surface area (Å²) in [5, 5.41) is 16.0. The minimum atomic E-state index is -0.354. The van der Waals surface area contributed by atoms with Crippen LogP contribution in [0.1, 0.15) is 13.8 Å². The second-order valence-corrected chi connectivity index (χ2v) is 3.96. The Balaban J connectivity index is 0. The van der Waals surface area contributed by atoms with Gasteiger partial charge in [0.15, 0.2) is 0 Å². The first-order valence-corrected chi connectivity index (χ1v) is 5.39. The molecule has 0 heterocycles. The molecule has 0 spiro atoms. The molecule has 1 aromatic carbocycles. The topological polar surface area (TPSA) is 44.3 Å². The van der Waals surface area contributed by atoms with Gasteiger partial charge in [0.25, 0.3) is 0 Å². The number of benzene rings is 1. The zero-order chi connectivity index (χ0) is 11.1. The zero-order valence-electron chi connectivity index (χ0n) is 10.2. The Kier molecular flexibility index (Phi) is 11.8. The molecule has 3 nitrogen and oxygen atoms in total. The minimum Gasteiger partial charge on any atom is -0.390 e. The zero-order valence-corrected chi connectivity index (χ0v) is 11.9. The van der Waals surface area contributed by atoms with Crippen LogP contribution in [0, 0.1) is 0 Å². The lowest BCUT2D eigenvalue weighted by Gasteiger charge is -2.15. The number of aliphatic hydroxyl groups excluding tert-OH is 1. The van der Waals surface area contributed by atoms with Crippen molar-refractivity contribution in [1.82, 2.24) is 5.32 Å². The second-order valence-electron chi connectivity index (χ2n) is 3.96. The fourth-order valence-electron chi connectivity index (χ4n) is 1.24. The van der Waals surface area contributed by atoms with Crippen LogP contribution in [-0.2, 0) is 0 Å². The summed E-state index contributed by atoms with van der Waals surface area (Å²) in [5.74, 6) is 0. The van der Waals surface area contributed by atoms with Gasteiger partial charge in [0.1, 0.15) is 0 Å². The molecule has 1 atom stereocenters. The fourth-order valence-corrected chi connectivity index (χ4v) is 1.24. The average Bonchev–Trinajstić information content (AvgIpc) is 2.25. The van der Waals surface area contributed by atoms with E-state index < -0.39 is 0 Å². The number of para-hydroxylation sites is 1. The minimum absolute atomic E-state index is 0. The van der Waals surface area contributed by atoms with Crippen LogP contribution in [0.25, 0.3) is 0 Å². The summed E-state index contributed by atoms with van der Waals surface area (Å²) in [6, 6.07) is 10.3. The van der Waals surface area contributed by atoms with Crippen molar-refractivity contribution in [2.75, 3.05) is 18.4 Å². The molecule has 0 aliphatic carbocycles. The predicted octanol–water partition coefficient (Wildman–Crippen LogP) is 2.30. The average molecular weight is 281 g/mol. The third-order valence-corrected chi connectivity index (χ3v) is 2.08. The van der Waals surface area contributed by atoms with Crippen LogP contribution in [-0.4, -0.2) is 30.3 Å². The Morgan fingerprint density at radius 2 is 1.65 bits per heavy atom. The van der Waals surface area contributed by atoms with Crippen LogP contribution in [0.5, 0.6) is 0 Å². The van der Waals surface area contributed by atoms with E-state index in [2.05, 4.69) is 24.5 Å². The van der Waals surface area contributed by atoms with Crippen molar-refractivity contribution in [3.05, 3.63) is 30.3 Å². The molecule has 1 unspecified atom stereocenters. The molecule has 0 aliphatic rings. The van der Waals surface area contributed by atoms with Gasteiger partial charge in [0, 0.05) is 24.8 Å². The molecule has 17 heavy (non-hydrogen) atoms. The summed E-state index contributed by atoms with van der Waals surface area (Å²) in [4.78, 5) is 0. The Labute approximate surface area is 116 Å². The van der Waals surface area contributed by atoms with E-state index >= 15 is 0 Å². The Morgan fingerprint density at radius 1 is 1.06 bits per heavy atom. The summed E-state index contributed by atoms with van der Waals surface area (Å²) in [6.45, 7) is 5.33. The maximum absolute atomic E-state index is 9.63. The summed E-state index contributed by atoms with van der Waals surface area (Å²) >= 11 is 0. The molecule has 1 aromatic rings. The first kappa shape index (κ1) is 18.9. The molecule has 0 amide bonds. The molecule has 0 fully saturated rings.